The minimum absolute atomic E-state index is 0.148. The summed E-state index contributed by atoms with van der Waals surface area (Å²) in [6.45, 7) is 0.933. The van der Waals surface area contributed by atoms with Crippen LogP contribution in [0, 0.1) is 11.3 Å². The molecule has 6 heteroatoms. The van der Waals surface area contributed by atoms with Gasteiger partial charge in [0.1, 0.15) is 12.2 Å². The number of carbonyl (C=O) groups is 1. The van der Waals surface area contributed by atoms with Gasteiger partial charge in [-0.3, -0.25) is 4.79 Å². The van der Waals surface area contributed by atoms with Crippen LogP contribution < -0.4 is 5.32 Å². The van der Waals surface area contributed by atoms with Crippen LogP contribution in [0.15, 0.2) is 24.3 Å². The molecule has 0 saturated carbocycles. The summed E-state index contributed by atoms with van der Waals surface area (Å²) >= 11 is 0. The first-order chi connectivity index (χ1) is 9.78. The molecule has 1 amide bonds. The van der Waals surface area contributed by atoms with Gasteiger partial charge in [0, 0.05) is 24.2 Å². The van der Waals surface area contributed by atoms with Crippen molar-refractivity contribution in [1.29, 1.82) is 5.26 Å². The highest BCUT2D eigenvalue weighted by Gasteiger charge is 2.18. The number of aryl methyl sites for hydroxylation is 1. The normalized spacial score (nSPS) is 12.8. The molecule has 0 radical (unpaired) electrons. The van der Waals surface area contributed by atoms with E-state index >= 15 is 0 Å². The number of aromatic nitrogens is 3. The van der Waals surface area contributed by atoms with Gasteiger partial charge in [0.25, 0.3) is 0 Å². The Morgan fingerprint density at radius 3 is 3.20 bits per heavy atom. The zero-order chi connectivity index (χ0) is 13.9. The molecule has 6 nitrogen and oxygen atoms in total. The van der Waals surface area contributed by atoms with Gasteiger partial charge in [-0.2, -0.15) is 5.26 Å². The first-order valence-electron chi connectivity index (χ1n) is 6.47. The predicted octanol–water partition coefficient (Wildman–Crippen LogP) is 1.74. The maximum absolute atomic E-state index is 11.4. The standard InChI is InChI=1S/C14H13N5O/c15-7-6-13(20)16-11-4-1-3-10(9-11)14-18-17-12-5-2-8-19(12)14/h1,3-4,9H,2,5-6,8H2,(H,16,20). The van der Waals surface area contributed by atoms with Crippen molar-refractivity contribution in [1.82, 2.24) is 14.8 Å². The van der Waals surface area contributed by atoms with Crippen LogP contribution in [0.2, 0.25) is 0 Å². The SMILES string of the molecule is N#CCC(=O)Nc1cccc(-c2nnc3n2CCC3)c1. The molecule has 0 unspecified atom stereocenters. The van der Waals surface area contributed by atoms with Gasteiger partial charge < -0.3 is 9.88 Å². The molecule has 1 aliphatic heterocycles. The zero-order valence-electron chi connectivity index (χ0n) is 10.8. The second-order valence-corrected chi connectivity index (χ2v) is 4.66. The van der Waals surface area contributed by atoms with Crippen molar-refractivity contribution >= 4 is 11.6 Å². The summed E-state index contributed by atoms with van der Waals surface area (Å²) in [4.78, 5) is 11.4. The van der Waals surface area contributed by atoms with Crippen molar-refractivity contribution in [2.75, 3.05) is 5.32 Å². The number of nitrogens with one attached hydrogen (secondary N) is 1. The van der Waals surface area contributed by atoms with Crippen molar-refractivity contribution in [2.24, 2.45) is 0 Å². The van der Waals surface area contributed by atoms with E-state index in [4.69, 9.17) is 5.26 Å². The number of rotatable bonds is 3. The molecule has 2 aromatic rings. The average molecular weight is 267 g/mol. The average Bonchev–Trinajstić information content (AvgIpc) is 3.01. The Kier molecular flexibility index (Phi) is 3.17. The number of benzene rings is 1. The van der Waals surface area contributed by atoms with E-state index in [1.54, 1.807) is 6.07 Å². The van der Waals surface area contributed by atoms with Gasteiger partial charge in [0.05, 0.1) is 6.07 Å². The van der Waals surface area contributed by atoms with Gasteiger partial charge in [-0.15, -0.1) is 10.2 Å². The summed E-state index contributed by atoms with van der Waals surface area (Å²) in [7, 11) is 0. The largest absolute Gasteiger partial charge is 0.325 e. The number of carbonyl (C=O) groups excluding carboxylic acids is 1. The maximum atomic E-state index is 11.4. The maximum Gasteiger partial charge on any atom is 0.238 e. The summed E-state index contributed by atoms with van der Waals surface area (Å²) in [6.07, 6.45) is 1.91. The molecule has 1 aliphatic rings. The van der Waals surface area contributed by atoms with Gasteiger partial charge in [0.15, 0.2) is 5.82 Å². The summed E-state index contributed by atoms with van der Waals surface area (Å²) in [6, 6.07) is 9.26. The number of nitriles is 1. The fraction of sp³-hybridized carbons (Fsp3) is 0.286. The van der Waals surface area contributed by atoms with E-state index in [9.17, 15) is 4.79 Å². The summed E-state index contributed by atoms with van der Waals surface area (Å²) in [5.41, 5.74) is 1.58. The molecule has 20 heavy (non-hydrogen) atoms. The molecule has 1 aromatic heterocycles. The summed E-state index contributed by atoms with van der Waals surface area (Å²) in [5, 5.41) is 19.6. The van der Waals surface area contributed by atoms with Gasteiger partial charge >= 0.3 is 0 Å². The Labute approximate surface area is 116 Å². The fourth-order valence-corrected chi connectivity index (χ4v) is 2.38. The highest BCUT2D eigenvalue weighted by atomic mass is 16.1. The molecular weight excluding hydrogens is 254 g/mol. The van der Waals surface area contributed by atoms with Crippen LogP contribution in [0.25, 0.3) is 11.4 Å². The molecule has 1 N–H and O–H groups in total. The molecule has 0 saturated heterocycles. The zero-order valence-corrected chi connectivity index (χ0v) is 10.8. The van der Waals surface area contributed by atoms with Crippen LogP contribution in [0.3, 0.4) is 0 Å². The van der Waals surface area contributed by atoms with E-state index in [1.165, 1.54) is 0 Å². The van der Waals surface area contributed by atoms with Crippen LogP contribution in [-0.4, -0.2) is 20.7 Å². The third kappa shape index (κ3) is 2.26. The molecule has 0 atom stereocenters. The molecule has 0 bridgehead atoms. The number of hydrogen-bond donors (Lipinski definition) is 1. The lowest BCUT2D eigenvalue weighted by Crippen LogP contribution is -2.10. The molecule has 0 aliphatic carbocycles. The summed E-state index contributed by atoms with van der Waals surface area (Å²) < 4.78 is 2.11. The smallest absolute Gasteiger partial charge is 0.238 e. The lowest BCUT2D eigenvalue weighted by Gasteiger charge is -2.06. The Hall–Kier alpha value is -2.68. The summed E-state index contributed by atoms with van der Waals surface area (Å²) in [5.74, 6) is 1.53. The third-order valence-corrected chi connectivity index (χ3v) is 3.25. The van der Waals surface area contributed by atoms with Crippen molar-refractivity contribution in [3.05, 3.63) is 30.1 Å². The molecule has 0 fully saturated rings. The van der Waals surface area contributed by atoms with Crippen LogP contribution in [-0.2, 0) is 17.8 Å². The Morgan fingerprint density at radius 1 is 1.45 bits per heavy atom. The van der Waals surface area contributed by atoms with Gasteiger partial charge in [0.2, 0.25) is 5.91 Å². The van der Waals surface area contributed by atoms with E-state index in [2.05, 4.69) is 20.1 Å². The Balaban J connectivity index is 1.88. The van der Waals surface area contributed by atoms with E-state index in [0.717, 1.165) is 36.6 Å². The number of fused-ring (bicyclic) bond motifs is 1. The highest BCUT2D eigenvalue weighted by Crippen LogP contribution is 2.25. The Morgan fingerprint density at radius 2 is 2.35 bits per heavy atom. The van der Waals surface area contributed by atoms with Crippen molar-refractivity contribution in [3.63, 3.8) is 0 Å². The molecule has 2 heterocycles. The van der Waals surface area contributed by atoms with Crippen LogP contribution in [0.4, 0.5) is 5.69 Å². The van der Waals surface area contributed by atoms with Crippen LogP contribution >= 0.6 is 0 Å². The number of nitrogens with zero attached hydrogens (tertiary/aromatic N) is 4. The van der Waals surface area contributed by atoms with E-state index in [1.807, 2.05) is 24.3 Å². The molecular formula is C14H13N5O. The Bertz CT molecular complexity index is 698. The van der Waals surface area contributed by atoms with Gasteiger partial charge in [-0.25, -0.2) is 0 Å². The second kappa shape index (κ2) is 5.13. The third-order valence-electron chi connectivity index (χ3n) is 3.25. The van der Waals surface area contributed by atoms with Gasteiger partial charge in [-0.1, -0.05) is 12.1 Å². The minimum Gasteiger partial charge on any atom is -0.325 e. The van der Waals surface area contributed by atoms with Crippen molar-refractivity contribution in [2.45, 2.75) is 25.8 Å². The van der Waals surface area contributed by atoms with Crippen LogP contribution in [0.5, 0.6) is 0 Å². The highest BCUT2D eigenvalue weighted by molar-refractivity contribution is 5.92. The molecule has 3 rings (SSSR count). The fourth-order valence-electron chi connectivity index (χ4n) is 2.38. The van der Waals surface area contributed by atoms with Gasteiger partial charge in [-0.05, 0) is 18.6 Å². The topological polar surface area (TPSA) is 83.6 Å². The monoisotopic (exact) mass is 267 g/mol. The predicted molar refractivity (Wildman–Crippen MR) is 72.6 cm³/mol. The minimum atomic E-state index is -0.309. The van der Waals surface area contributed by atoms with Crippen molar-refractivity contribution < 1.29 is 4.79 Å². The van der Waals surface area contributed by atoms with E-state index in [-0.39, 0.29) is 12.3 Å². The van der Waals surface area contributed by atoms with E-state index in [0.29, 0.717) is 5.69 Å². The van der Waals surface area contributed by atoms with Crippen LogP contribution in [0.1, 0.15) is 18.7 Å². The molecule has 100 valence electrons. The van der Waals surface area contributed by atoms with Crippen molar-refractivity contribution in [3.8, 4) is 17.5 Å². The second-order valence-electron chi connectivity index (χ2n) is 4.66. The first kappa shape index (κ1) is 12.4. The lowest BCUT2D eigenvalue weighted by atomic mass is 10.2. The molecule has 1 aromatic carbocycles. The van der Waals surface area contributed by atoms with E-state index < -0.39 is 0 Å². The number of hydrogen-bond acceptors (Lipinski definition) is 4. The number of anilines is 1. The molecule has 0 spiro atoms. The quantitative estimate of drug-likeness (QED) is 0.918. The first-order valence-corrected chi connectivity index (χ1v) is 6.47. The lowest BCUT2D eigenvalue weighted by molar-refractivity contribution is -0.115. The number of amides is 1.